The number of nitrogens with one attached hydrogen (secondary N) is 2. The summed E-state index contributed by atoms with van der Waals surface area (Å²) in [5.41, 5.74) is 1.34. The van der Waals surface area contributed by atoms with E-state index in [0.717, 1.165) is 17.9 Å². The molecule has 2 aromatic carbocycles. The first-order chi connectivity index (χ1) is 11.5. The van der Waals surface area contributed by atoms with E-state index in [0.29, 0.717) is 18.1 Å². The molecule has 0 bridgehead atoms. The number of anilines is 1. The molecule has 126 valence electrons. The van der Waals surface area contributed by atoms with Gasteiger partial charge >= 0.3 is 0 Å². The van der Waals surface area contributed by atoms with Crippen molar-refractivity contribution >= 4 is 28.9 Å². The Morgan fingerprint density at radius 3 is 2.58 bits per heavy atom. The Morgan fingerprint density at radius 1 is 1.12 bits per heavy atom. The van der Waals surface area contributed by atoms with Crippen molar-refractivity contribution in [3.8, 4) is 5.75 Å². The monoisotopic (exact) mass is 342 g/mol. The minimum Gasteiger partial charge on any atom is -0.494 e. The van der Waals surface area contributed by atoms with Crippen molar-refractivity contribution in [2.45, 2.75) is 20.3 Å². The predicted octanol–water partition coefficient (Wildman–Crippen LogP) is 4.24. The Kier molecular flexibility index (Phi) is 6.75. The molecule has 2 N–H and O–H groups in total. The van der Waals surface area contributed by atoms with Gasteiger partial charge in [0.25, 0.3) is 5.91 Å². The molecule has 24 heavy (non-hydrogen) atoms. The lowest BCUT2D eigenvalue weighted by Gasteiger charge is -2.12. The SMILES string of the molecule is CC(C)CCOc1cccc(NC(=S)NC(=O)c2ccccc2)c1. The molecule has 0 unspecified atom stereocenters. The van der Waals surface area contributed by atoms with E-state index in [2.05, 4.69) is 24.5 Å². The molecule has 0 radical (unpaired) electrons. The molecule has 2 aromatic rings. The van der Waals surface area contributed by atoms with E-state index >= 15 is 0 Å². The minimum atomic E-state index is -0.238. The van der Waals surface area contributed by atoms with E-state index in [1.165, 1.54) is 0 Å². The summed E-state index contributed by atoms with van der Waals surface area (Å²) < 4.78 is 5.72. The molecule has 0 saturated carbocycles. The first-order valence-corrected chi connectivity index (χ1v) is 8.35. The predicted molar refractivity (Wildman–Crippen MR) is 102 cm³/mol. The third-order valence-electron chi connectivity index (χ3n) is 3.32. The van der Waals surface area contributed by atoms with Crippen LogP contribution in [0.15, 0.2) is 54.6 Å². The van der Waals surface area contributed by atoms with Gasteiger partial charge in [-0.1, -0.05) is 38.1 Å². The van der Waals surface area contributed by atoms with Crippen LogP contribution in [-0.4, -0.2) is 17.6 Å². The molecule has 0 aliphatic rings. The van der Waals surface area contributed by atoms with Gasteiger partial charge < -0.3 is 10.1 Å². The molecule has 1 amide bonds. The third-order valence-corrected chi connectivity index (χ3v) is 3.52. The summed E-state index contributed by atoms with van der Waals surface area (Å²) in [4.78, 5) is 12.1. The lowest BCUT2D eigenvalue weighted by molar-refractivity contribution is 0.0977. The first kappa shape index (κ1) is 17.9. The molecule has 0 aromatic heterocycles. The maximum Gasteiger partial charge on any atom is 0.257 e. The number of hydrogen-bond acceptors (Lipinski definition) is 3. The molecule has 4 nitrogen and oxygen atoms in total. The van der Waals surface area contributed by atoms with E-state index in [1.54, 1.807) is 12.1 Å². The fraction of sp³-hybridized carbons (Fsp3) is 0.263. The topological polar surface area (TPSA) is 50.4 Å². The standard InChI is InChI=1S/C19H22N2O2S/c1-14(2)11-12-23-17-10-6-9-16(13-17)20-19(24)21-18(22)15-7-4-3-5-8-15/h3-10,13-14H,11-12H2,1-2H3,(H2,20,21,22,24). The molecule has 0 aliphatic heterocycles. The normalized spacial score (nSPS) is 10.3. The van der Waals surface area contributed by atoms with Gasteiger partial charge in [-0.05, 0) is 48.8 Å². The second-order valence-electron chi connectivity index (χ2n) is 5.83. The van der Waals surface area contributed by atoms with E-state index in [-0.39, 0.29) is 11.0 Å². The summed E-state index contributed by atoms with van der Waals surface area (Å²) in [7, 11) is 0. The largest absolute Gasteiger partial charge is 0.494 e. The van der Waals surface area contributed by atoms with Crippen molar-refractivity contribution in [2.24, 2.45) is 5.92 Å². The Morgan fingerprint density at radius 2 is 1.88 bits per heavy atom. The zero-order valence-corrected chi connectivity index (χ0v) is 14.7. The van der Waals surface area contributed by atoms with E-state index < -0.39 is 0 Å². The van der Waals surface area contributed by atoms with Crippen molar-refractivity contribution in [3.63, 3.8) is 0 Å². The molecule has 0 fully saturated rings. The average Bonchev–Trinajstić information content (AvgIpc) is 2.55. The highest BCUT2D eigenvalue weighted by Gasteiger charge is 2.07. The zero-order valence-electron chi connectivity index (χ0n) is 13.9. The molecule has 0 aliphatic carbocycles. The van der Waals surface area contributed by atoms with Gasteiger partial charge in [0, 0.05) is 17.3 Å². The van der Waals surface area contributed by atoms with Gasteiger partial charge in [0.2, 0.25) is 0 Å². The van der Waals surface area contributed by atoms with Crippen LogP contribution in [0, 0.1) is 5.92 Å². The average molecular weight is 342 g/mol. The fourth-order valence-corrected chi connectivity index (χ4v) is 2.21. The molecule has 5 heteroatoms. The lowest BCUT2D eigenvalue weighted by atomic mass is 10.1. The molecule has 0 saturated heterocycles. The molecule has 0 spiro atoms. The van der Waals surface area contributed by atoms with Crippen molar-refractivity contribution < 1.29 is 9.53 Å². The summed E-state index contributed by atoms with van der Waals surface area (Å²) in [5, 5.41) is 5.92. The third kappa shape index (κ3) is 6.01. The summed E-state index contributed by atoms with van der Waals surface area (Å²) in [6.45, 7) is 5.00. The van der Waals surface area contributed by atoms with Crippen LogP contribution in [0.2, 0.25) is 0 Å². The zero-order chi connectivity index (χ0) is 17.4. The van der Waals surface area contributed by atoms with Crippen molar-refractivity contribution in [3.05, 3.63) is 60.2 Å². The number of carbonyl (C=O) groups excluding carboxylic acids is 1. The van der Waals surface area contributed by atoms with Crippen LogP contribution >= 0.6 is 12.2 Å². The molecule has 2 rings (SSSR count). The van der Waals surface area contributed by atoms with Crippen molar-refractivity contribution in [2.75, 3.05) is 11.9 Å². The number of hydrogen-bond donors (Lipinski definition) is 2. The van der Waals surface area contributed by atoms with Crippen LogP contribution in [0.5, 0.6) is 5.75 Å². The second kappa shape index (κ2) is 9.03. The highest BCUT2D eigenvalue weighted by molar-refractivity contribution is 7.80. The Balaban J connectivity index is 1.88. The van der Waals surface area contributed by atoms with Gasteiger partial charge in [-0.2, -0.15) is 0 Å². The Hall–Kier alpha value is -2.40. The number of carbonyl (C=O) groups is 1. The van der Waals surface area contributed by atoms with E-state index in [9.17, 15) is 4.79 Å². The van der Waals surface area contributed by atoms with Gasteiger partial charge in [-0.25, -0.2) is 0 Å². The molecule has 0 heterocycles. The lowest BCUT2D eigenvalue weighted by Crippen LogP contribution is -2.34. The maximum absolute atomic E-state index is 12.1. The summed E-state index contributed by atoms with van der Waals surface area (Å²) in [6.07, 6.45) is 1.00. The molecule has 0 atom stereocenters. The van der Waals surface area contributed by atoms with E-state index in [1.807, 2.05) is 42.5 Å². The van der Waals surface area contributed by atoms with Crippen LogP contribution in [0.3, 0.4) is 0 Å². The van der Waals surface area contributed by atoms with Crippen LogP contribution < -0.4 is 15.4 Å². The van der Waals surface area contributed by atoms with Crippen LogP contribution in [0.1, 0.15) is 30.6 Å². The fourth-order valence-electron chi connectivity index (χ4n) is 2.00. The number of rotatable bonds is 6. The quantitative estimate of drug-likeness (QED) is 0.771. The number of thiocarbonyl (C=S) groups is 1. The summed E-state index contributed by atoms with van der Waals surface area (Å²) in [5.74, 6) is 1.14. The number of ether oxygens (including phenoxy) is 1. The highest BCUT2D eigenvalue weighted by atomic mass is 32.1. The van der Waals surface area contributed by atoms with Gasteiger partial charge in [0.1, 0.15) is 5.75 Å². The first-order valence-electron chi connectivity index (χ1n) is 7.95. The van der Waals surface area contributed by atoms with Gasteiger partial charge in [0.15, 0.2) is 5.11 Å². The minimum absolute atomic E-state index is 0.238. The van der Waals surface area contributed by atoms with Gasteiger partial charge in [0.05, 0.1) is 6.61 Å². The molecular formula is C19H22N2O2S. The smallest absolute Gasteiger partial charge is 0.257 e. The Bertz CT molecular complexity index is 687. The van der Waals surface area contributed by atoms with Gasteiger partial charge in [-0.15, -0.1) is 0 Å². The van der Waals surface area contributed by atoms with Crippen LogP contribution in [-0.2, 0) is 0 Å². The summed E-state index contributed by atoms with van der Waals surface area (Å²) in [6, 6.07) is 16.5. The Labute approximate surface area is 148 Å². The number of amides is 1. The maximum atomic E-state index is 12.1. The van der Waals surface area contributed by atoms with Gasteiger partial charge in [-0.3, -0.25) is 10.1 Å². The van der Waals surface area contributed by atoms with Crippen molar-refractivity contribution in [1.82, 2.24) is 5.32 Å². The summed E-state index contributed by atoms with van der Waals surface area (Å²) >= 11 is 5.19. The number of benzene rings is 2. The van der Waals surface area contributed by atoms with Crippen LogP contribution in [0.4, 0.5) is 5.69 Å². The van der Waals surface area contributed by atoms with Crippen molar-refractivity contribution in [1.29, 1.82) is 0 Å². The van der Waals surface area contributed by atoms with E-state index in [4.69, 9.17) is 17.0 Å². The second-order valence-corrected chi connectivity index (χ2v) is 6.24. The van der Waals surface area contributed by atoms with Crippen LogP contribution in [0.25, 0.3) is 0 Å². The highest BCUT2D eigenvalue weighted by Crippen LogP contribution is 2.18. The molecular weight excluding hydrogens is 320 g/mol.